The molecule has 1 aromatic rings. The summed E-state index contributed by atoms with van der Waals surface area (Å²) in [4.78, 5) is 16.1. The molecule has 0 aliphatic carbocycles. The van der Waals surface area contributed by atoms with Crippen LogP contribution in [0.4, 0.5) is 4.39 Å². The smallest absolute Gasteiger partial charge is 0.298 e. The predicted molar refractivity (Wildman–Crippen MR) is 99.3 cm³/mol. The van der Waals surface area contributed by atoms with Crippen molar-refractivity contribution in [2.45, 2.75) is 6.92 Å². The molecule has 0 N–H and O–H groups in total. The number of carbonyl (C=O) groups excluding carboxylic acids is 1. The quantitative estimate of drug-likeness (QED) is 0.609. The summed E-state index contributed by atoms with van der Waals surface area (Å²) in [5, 5.41) is 0.446. The first-order valence-corrected chi connectivity index (χ1v) is 8.28. The molecule has 1 fully saturated rings. The van der Waals surface area contributed by atoms with Crippen LogP contribution in [0.2, 0.25) is 0 Å². The van der Waals surface area contributed by atoms with Crippen LogP contribution in [0.1, 0.15) is 12.5 Å². The van der Waals surface area contributed by atoms with E-state index in [9.17, 15) is 9.18 Å². The minimum atomic E-state index is -0.325. The van der Waals surface area contributed by atoms with E-state index in [0.29, 0.717) is 36.8 Å². The van der Waals surface area contributed by atoms with Gasteiger partial charge in [-0.15, -0.1) is 0 Å². The zero-order valence-corrected chi connectivity index (χ0v) is 14.9. The Labute approximate surface area is 153 Å². The van der Waals surface area contributed by atoms with Gasteiger partial charge in [-0.3, -0.25) is 4.79 Å². The Morgan fingerprint density at radius 1 is 1.16 bits per heavy atom. The summed E-state index contributed by atoms with van der Waals surface area (Å²) in [6, 6.07) is 5.75. The average molecular weight is 359 g/mol. The van der Waals surface area contributed by atoms with Crippen molar-refractivity contribution in [1.29, 1.82) is 0 Å². The number of hydrogen-bond donors (Lipinski definition) is 0. The van der Waals surface area contributed by atoms with Crippen LogP contribution < -0.4 is 0 Å². The molecule has 1 saturated heterocycles. The third kappa shape index (κ3) is 5.51. The molecule has 1 amide bonds. The number of allylic oxidation sites excluding steroid dienone is 3. The number of amides is 1. The minimum Gasteiger partial charge on any atom is -0.368 e. The monoisotopic (exact) mass is 358 g/mol. The van der Waals surface area contributed by atoms with Gasteiger partial charge in [0.1, 0.15) is 5.82 Å². The van der Waals surface area contributed by atoms with Crippen LogP contribution in [0.25, 0.3) is 0 Å². The Morgan fingerprint density at radius 2 is 1.72 bits per heavy atom. The Morgan fingerprint density at radius 3 is 2.24 bits per heavy atom. The average Bonchev–Trinajstić information content (AvgIpc) is 2.59. The normalized spacial score (nSPS) is 14.6. The van der Waals surface area contributed by atoms with E-state index in [1.54, 1.807) is 23.1 Å². The fourth-order valence-electron chi connectivity index (χ4n) is 2.52. The molecule has 2 rings (SSSR count). The molecule has 5 heteroatoms. The van der Waals surface area contributed by atoms with Gasteiger partial charge >= 0.3 is 0 Å². The van der Waals surface area contributed by atoms with E-state index in [0.717, 1.165) is 11.3 Å². The second-order valence-corrected chi connectivity index (χ2v) is 6.28. The highest BCUT2D eigenvalue weighted by Gasteiger charge is 2.21. The summed E-state index contributed by atoms with van der Waals surface area (Å²) in [5.74, 6) is 4.83. The number of halogens is 2. The van der Waals surface area contributed by atoms with Crippen molar-refractivity contribution in [1.82, 2.24) is 9.80 Å². The summed E-state index contributed by atoms with van der Waals surface area (Å²) in [6.45, 7) is 12.0. The van der Waals surface area contributed by atoms with E-state index in [2.05, 4.69) is 29.9 Å². The van der Waals surface area contributed by atoms with E-state index < -0.39 is 0 Å². The van der Waals surface area contributed by atoms with E-state index >= 15 is 0 Å². The van der Waals surface area contributed by atoms with Crippen LogP contribution in [0.3, 0.4) is 0 Å². The van der Waals surface area contributed by atoms with Gasteiger partial charge in [-0.1, -0.05) is 30.7 Å². The first-order chi connectivity index (χ1) is 11.9. The Kier molecular flexibility index (Phi) is 6.44. The number of carbonyl (C=O) groups is 1. The maximum atomic E-state index is 12.9. The summed E-state index contributed by atoms with van der Waals surface area (Å²) in [6.07, 6.45) is 1.79. The van der Waals surface area contributed by atoms with Gasteiger partial charge in [0, 0.05) is 48.4 Å². The Hall–Kier alpha value is -2.51. The molecular formula is C20H20ClFN2O. The molecule has 1 aliphatic heterocycles. The summed E-state index contributed by atoms with van der Waals surface area (Å²) in [5.41, 5.74) is 2.45. The molecule has 0 spiro atoms. The molecule has 0 atom stereocenters. The van der Waals surface area contributed by atoms with Crippen molar-refractivity contribution in [3.05, 3.63) is 71.2 Å². The zero-order chi connectivity index (χ0) is 18.4. The Balaban J connectivity index is 1.97. The van der Waals surface area contributed by atoms with Crippen molar-refractivity contribution in [2.75, 3.05) is 26.2 Å². The van der Waals surface area contributed by atoms with Gasteiger partial charge in [0.15, 0.2) is 0 Å². The third-order valence-electron chi connectivity index (χ3n) is 3.80. The fourth-order valence-corrected chi connectivity index (χ4v) is 2.62. The number of benzene rings is 1. The molecule has 0 radical (unpaired) electrons. The molecule has 0 saturated carbocycles. The van der Waals surface area contributed by atoms with Crippen LogP contribution >= 0.6 is 11.6 Å². The standard InChI is InChI=1S/C20H20ClFN2O/c1-15(2)19(14-16(3)21)23-10-12-24(13-11-23)20(25)9-6-17-4-7-18(22)8-5-17/h4-5,7-8,14H,1,3,10-13H2,2H3/b19-14+. The van der Waals surface area contributed by atoms with Crippen molar-refractivity contribution < 1.29 is 9.18 Å². The molecule has 1 aliphatic rings. The highest BCUT2D eigenvalue weighted by atomic mass is 35.5. The van der Waals surface area contributed by atoms with Gasteiger partial charge in [0.05, 0.1) is 0 Å². The highest BCUT2D eigenvalue weighted by Crippen LogP contribution is 2.19. The maximum Gasteiger partial charge on any atom is 0.298 e. The predicted octanol–water partition coefficient (Wildman–Crippen LogP) is 3.53. The van der Waals surface area contributed by atoms with Crippen molar-refractivity contribution in [3.63, 3.8) is 0 Å². The SMILES string of the molecule is C=C(Cl)/C=C(\C(=C)C)N1CCN(C(=O)C#Cc2ccc(F)cc2)CC1. The van der Waals surface area contributed by atoms with Crippen molar-refractivity contribution >= 4 is 17.5 Å². The molecule has 25 heavy (non-hydrogen) atoms. The van der Waals surface area contributed by atoms with Gasteiger partial charge < -0.3 is 9.80 Å². The van der Waals surface area contributed by atoms with Gasteiger partial charge in [-0.25, -0.2) is 4.39 Å². The van der Waals surface area contributed by atoms with Crippen LogP contribution in [0.5, 0.6) is 0 Å². The lowest BCUT2D eigenvalue weighted by molar-refractivity contribution is -0.126. The number of rotatable bonds is 3. The van der Waals surface area contributed by atoms with E-state index in [-0.39, 0.29) is 11.7 Å². The Bertz CT molecular complexity index is 763. The lowest BCUT2D eigenvalue weighted by atomic mass is 10.1. The number of nitrogens with zero attached hydrogens (tertiary/aromatic N) is 2. The van der Waals surface area contributed by atoms with Crippen LogP contribution in [-0.2, 0) is 4.79 Å². The van der Waals surface area contributed by atoms with Gasteiger partial charge in [-0.2, -0.15) is 0 Å². The lowest BCUT2D eigenvalue weighted by Crippen LogP contribution is -2.48. The minimum absolute atomic E-state index is 0.230. The summed E-state index contributed by atoms with van der Waals surface area (Å²) in [7, 11) is 0. The maximum absolute atomic E-state index is 12.9. The first kappa shape index (κ1) is 18.8. The molecule has 3 nitrogen and oxygen atoms in total. The number of piperazine rings is 1. The van der Waals surface area contributed by atoms with Gasteiger partial charge in [-0.05, 0) is 42.8 Å². The van der Waals surface area contributed by atoms with Crippen molar-refractivity contribution in [3.8, 4) is 11.8 Å². The first-order valence-electron chi connectivity index (χ1n) is 7.90. The summed E-state index contributed by atoms with van der Waals surface area (Å²) >= 11 is 5.88. The van der Waals surface area contributed by atoms with Gasteiger partial charge in [0.25, 0.3) is 5.91 Å². The molecule has 0 bridgehead atoms. The number of hydrogen-bond acceptors (Lipinski definition) is 2. The molecular weight excluding hydrogens is 339 g/mol. The van der Waals surface area contributed by atoms with Crippen LogP contribution in [0.15, 0.2) is 59.8 Å². The zero-order valence-electron chi connectivity index (χ0n) is 14.2. The van der Waals surface area contributed by atoms with E-state index in [1.807, 2.05) is 6.92 Å². The third-order valence-corrected chi connectivity index (χ3v) is 3.91. The molecule has 0 aromatic heterocycles. The fraction of sp³-hybridized carbons (Fsp3) is 0.250. The molecule has 0 unspecified atom stereocenters. The summed E-state index contributed by atoms with van der Waals surface area (Å²) < 4.78 is 12.9. The second-order valence-electron chi connectivity index (χ2n) is 5.79. The van der Waals surface area contributed by atoms with Crippen LogP contribution in [-0.4, -0.2) is 41.9 Å². The lowest BCUT2D eigenvalue weighted by Gasteiger charge is -2.36. The van der Waals surface area contributed by atoms with E-state index in [4.69, 9.17) is 11.6 Å². The molecule has 130 valence electrons. The second kappa shape index (κ2) is 8.55. The highest BCUT2D eigenvalue weighted by molar-refractivity contribution is 6.30. The molecule has 1 heterocycles. The van der Waals surface area contributed by atoms with E-state index in [1.165, 1.54) is 12.1 Å². The largest absolute Gasteiger partial charge is 0.368 e. The van der Waals surface area contributed by atoms with Crippen molar-refractivity contribution in [2.24, 2.45) is 0 Å². The van der Waals surface area contributed by atoms with Gasteiger partial charge in [0.2, 0.25) is 0 Å². The van der Waals surface area contributed by atoms with Crippen LogP contribution in [0, 0.1) is 17.7 Å². The molecule has 1 aromatic carbocycles. The topological polar surface area (TPSA) is 23.6 Å².